The topological polar surface area (TPSA) is 46.3 Å². The van der Waals surface area contributed by atoms with Gasteiger partial charge in [-0.3, -0.25) is 4.79 Å². The highest BCUT2D eigenvalue weighted by Crippen LogP contribution is 2.09. The molecule has 2 N–H and O–H groups in total. The van der Waals surface area contributed by atoms with Gasteiger partial charge in [-0.15, -0.1) is 0 Å². The minimum Gasteiger partial charge on any atom is -0.448 e. The summed E-state index contributed by atoms with van der Waals surface area (Å²) >= 11 is 0. The van der Waals surface area contributed by atoms with Crippen LogP contribution in [0.4, 0.5) is 12.9 Å². The zero-order chi connectivity index (χ0) is 9.78. The first kappa shape index (κ1) is 11.3. The average Bonchev–Trinajstić information content (AvgIpc) is 1.82. The van der Waals surface area contributed by atoms with Gasteiger partial charge in [0.25, 0.3) is 0 Å². The van der Waals surface area contributed by atoms with Crippen LogP contribution in [0.5, 0.6) is 0 Å². The highest BCUT2D eigenvalue weighted by Gasteiger charge is 2.26. The summed E-state index contributed by atoms with van der Waals surface area (Å²) in [6, 6.07) is 0. The number of likely N-dealkylation sites (N-methyl/N-ethyl adjacent to an activating group) is 1. The predicted molar refractivity (Wildman–Crippen MR) is 40.4 cm³/mol. The molecule has 0 unspecified atom stereocenters. The van der Waals surface area contributed by atoms with E-state index in [9.17, 15) is 17.7 Å². The summed E-state index contributed by atoms with van der Waals surface area (Å²) in [6.07, 6.45) is -1.03. The van der Waals surface area contributed by atoms with Crippen molar-refractivity contribution in [3.8, 4) is 0 Å². The Morgan fingerprint density at radius 1 is 1.50 bits per heavy atom. The van der Waals surface area contributed by atoms with Crippen molar-refractivity contribution in [2.75, 3.05) is 19.5 Å². The van der Waals surface area contributed by atoms with E-state index in [1.54, 1.807) is 6.92 Å². The number of hydrogen-bond donors (Lipinski definition) is 1. The number of nitrogens with zero attached hydrogens (tertiary/aromatic N) is 1. The molecule has 0 aromatic rings. The first-order valence-electron chi connectivity index (χ1n) is 3.57. The van der Waals surface area contributed by atoms with Crippen LogP contribution in [0.1, 0.15) is 6.92 Å². The van der Waals surface area contributed by atoms with Crippen molar-refractivity contribution >= 4 is 12.9 Å². The molecule has 0 rings (SSSR count). The van der Waals surface area contributed by atoms with E-state index < -0.39 is 19.3 Å². The van der Waals surface area contributed by atoms with Crippen LogP contribution in [0.15, 0.2) is 0 Å². The molecule has 3 nitrogen and oxygen atoms in total. The van der Waals surface area contributed by atoms with Crippen molar-refractivity contribution in [1.29, 1.82) is 0 Å². The first-order valence-corrected chi connectivity index (χ1v) is 3.57. The Morgan fingerprint density at radius 3 is 2.25 bits per heavy atom. The van der Waals surface area contributed by atoms with Gasteiger partial charge in [0, 0.05) is 0 Å². The maximum Gasteiger partial charge on any atom is 0.492 e. The highest BCUT2D eigenvalue weighted by molar-refractivity contribution is 6.58. The van der Waals surface area contributed by atoms with Crippen molar-refractivity contribution in [3.05, 3.63) is 0 Å². The van der Waals surface area contributed by atoms with Crippen molar-refractivity contribution in [2.24, 2.45) is 5.73 Å². The van der Waals surface area contributed by atoms with E-state index >= 15 is 0 Å². The monoisotopic (exact) mass is 183 g/mol. The lowest BCUT2D eigenvalue weighted by molar-refractivity contribution is -0.118. The molecule has 72 valence electrons. The van der Waals surface area contributed by atoms with Gasteiger partial charge in [-0.25, -0.2) is 0 Å². The van der Waals surface area contributed by atoms with Crippen LogP contribution in [-0.2, 0) is 4.79 Å². The Morgan fingerprint density at radius 2 is 2.00 bits per heavy atom. The van der Waals surface area contributed by atoms with E-state index in [1.807, 2.05) is 0 Å². The lowest BCUT2D eigenvalue weighted by atomic mass is 9.91. The van der Waals surface area contributed by atoms with Crippen molar-refractivity contribution < 1.29 is 17.7 Å². The highest BCUT2D eigenvalue weighted by atomic mass is 19.4. The number of rotatable bonds is 5. The lowest BCUT2D eigenvalue weighted by Gasteiger charge is -2.24. The molecule has 0 aromatic carbocycles. The maximum absolute atomic E-state index is 11.8. The Kier molecular flexibility index (Phi) is 4.09. The number of halogens is 3. The van der Waals surface area contributed by atoms with E-state index in [0.717, 1.165) is 4.90 Å². The van der Waals surface area contributed by atoms with E-state index in [0.29, 0.717) is 0 Å². The molecule has 0 atom stereocenters. The van der Waals surface area contributed by atoms with Gasteiger partial charge >= 0.3 is 6.98 Å². The quantitative estimate of drug-likeness (QED) is 0.618. The summed E-state index contributed by atoms with van der Waals surface area (Å²) in [5, 5.41) is 0. The van der Waals surface area contributed by atoms with E-state index in [1.165, 1.54) is 0 Å². The van der Waals surface area contributed by atoms with Crippen LogP contribution >= 0.6 is 0 Å². The second-order valence-electron chi connectivity index (χ2n) is 2.50. The molecule has 12 heavy (non-hydrogen) atoms. The minimum atomic E-state index is -4.87. The van der Waals surface area contributed by atoms with Gasteiger partial charge in [0.2, 0.25) is 5.91 Å². The van der Waals surface area contributed by atoms with Crippen LogP contribution in [-0.4, -0.2) is 37.3 Å². The van der Waals surface area contributed by atoms with Crippen molar-refractivity contribution in [1.82, 2.24) is 4.90 Å². The summed E-state index contributed by atoms with van der Waals surface area (Å²) in [7, 11) is 0. The Bertz CT molecular complexity index is 161. The van der Waals surface area contributed by atoms with Gasteiger partial charge in [-0.05, 0) is 13.0 Å². The molecule has 0 spiro atoms. The largest absolute Gasteiger partial charge is 0.492 e. The second-order valence-corrected chi connectivity index (χ2v) is 2.50. The molecule has 1 amide bonds. The van der Waals surface area contributed by atoms with Gasteiger partial charge in [-0.2, -0.15) is 0 Å². The smallest absolute Gasteiger partial charge is 0.448 e. The third kappa shape index (κ3) is 6.02. The number of primary amides is 1. The van der Waals surface area contributed by atoms with Crippen LogP contribution in [0.3, 0.4) is 0 Å². The zero-order valence-electron chi connectivity index (χ0n) is 6.77. The normalized spacial score (nSPS) is 12.1. The molecular weight excluding hydrogens is 172 g/mol. The number of carbonyl (C=O) groups excluding carboxylic acids is 1. The van der Waals surface area contributed by atoms with Crippen LogP contribution in [0, 0.1) is 0 Å². The molecule has 0 aliphatic rings. The van der Waals surface area contributed by atoms with Crippen LogP contribution in [0.2, 0.25) is 0 Å². The first-order chi connectivity index (χ1) is 5.35. The molecule has 0 saturated heterocycles. The van der Waals surface area contributed by atoms with E-state index in [-0.39, 0.29) is 13.1 Å². The summed E-state index contributed by atoms with van der Waals surface area (Å²) in [5.41, 5.74) is 4.75. The fourth-order valence-corrected chi connectivity index (χ4v) is 0.819. The number of hydrogen-bond acceptors (Lipinski definition) is 2. The Labute approximate surface area is 68.8 Å². The summed E-state index contributed by atoms with van der Waals surface area (Å²) in [4.78, 5) is 11.2. The molecule has 0 fully saturated rings. The second kappa shape index (κ2) is 4.35. The van der Waals surface area contributed by atoms with Gasteiger partial charge in [0.15, 0.2) is 0 Å². The third-order valence-corrected chi connectivity index (χ3v) is 1.29. The SMILES string of the molecule is CCN(CC(N)=O)C[B-](F)(F)F. The van der Waals surface area contributed by atoms with Gasteiger partial charge in [-0.1, -0.05) is 6.92 Å². The van der Waals surface area contributed by atoms with E-state index in [4.69, 9.17) is 5.73 Å². The summed E-state index contributed by atoms with van der Waals surface area (Å²) in [6.45, 7) is -3.48. The van der Waals surface area contributed by atoms with Crippen molar-refractivity contribution in [2.45, 2.75) is 6.92 Å². The van der Waals surface area contributed by atoms with Gasteiger partial charge < -0.3 is 23.6 Å². The lowest BCUT2D eigenvalue weighted by Crippen LogP contribution is -2.42. The molecule has 0 aliphatic heterocycles. The van der Waals surface area contributed by atoms with Crippen LogP contribution < -0.4 is 5.73 Å². The molecule has 0 aromatic heterocycles. The molecule has 7 heteroatoms. The molecule has 0 radical (unpaired) electrons. The van der Waals surface area contributed by atoms with Crippen LogP contribution in [0.25, 0.3) is 0 Å². The maximum atomic E-state index is 11.8. The third-order valence-electron chi connectivity index (χ3n) is 1.29. The number of nitrogens with two attached hydrogens (primary N) is 1. The summed E-state index contributed by atoms with van der Waals surface area (Å²) < 4.78 is 35.4. The number of carbonyl (C=O) groups is 1. The number of amides is 1. The molecule has 0 heterocycles. The Hall–Kier alpha value is -0.715. The van der Waals surface area contributed by atoms with E-state index in [2.05, 4.69) is 0 Å². The molecular formula is C5H11BF3N2O-. The standard InChI is InChI=1S/C5H11BF3N2O/c1-2-11(3-5(10)12)4-6(7,8)9/h2-4H2,1H3,(H2,10,12)/q-1. The summed E-state index contributed by atoms with van der Waals surface area (Å²) in [5.74, 6) is -0.739. The molecule has 0 aliphatic carbocycles. The minimum absolute atomic E-state index is 0.171. The van der Waals surface area contributed by atoms with Gasteiger partial charge in [0.1, 0.15) is 0 Å². The Balaban J connectivity index is 3.92. The zero-order valence-corrected chi connectivity index (χ0v) is 6.77. The molecule has 0 saturated carbocycles. The average molecular weight is 183 g/mol. The molecule has 0 bridgehead atoms. The fraction of sp³-hybridized carbons (Fsp3) is 0.800. The van der Waals surface area contributed by atoms with Gasteiger partial charge in [0.05, 0.1) is 6.54 Å². The predicted octanol–water partition coefficient (Wildman–Crippen LogP) is 0.180. The fourth-order valence-electron chi connectivity index (χ4n) is 0.819. The van der Waals surface area contributed by atoms with Crippen molar-refractivity contribution in [3.63, 3.8) is 0 Å².